The summed E-state index contributed by atoms with van der Waals surface area (Å²) in [5, 5.41) is 0. The summed E-state index contributed by atoms with van der Waals surface area (Å²) in [4.78, 5) is 0. The van der Waals surface area contributed by atoms with Gasteiger partial charge in [-0.15, -0.1) is 0 Å². The lowest BCUT2D eigenvalue weighted by atomic mass is 10.0. The zero-order valence-corrected chi connectivity index (χ0v) is 10.9. The van der Waals surface area contributed by atoms with E-state index in [0.717, 1.165) is 6.07 Å². The van der Waals surface area contributed by atoms with Crippen molar-refractivity contribution in [2.45, 2.75) is 0 Å². The summed E-state index contributed by atoms with van der Waals surface area (Å²) in [6, 6.07) is 3.59. The zero-order chi connectivity index (χ0) is 15.7. The lowest BCUT2D eigenvalue weighted by molar-refractivity contribution is 0.355. The largest absolute Gasteiger partial charge is 0.493 e. The maximum atomic E-state index is 13.7. The summed E-state index contributed by atoms with van der Waals surface area (Å²) >= 11 is 0. The number of methoxy groups -OCH3 is 2. The molecular formula is C14H9F5O2. The first-order valence-corrected chi connectivity index (χ1v) is 5.66. The van der Waals surface area contributed by atoms with Gasteiger partial charge in [-0.1, -0.05) is 6.07 Å². The molecule has 0 aromatic heterocycles. The van der Waals surface area contributed by atoms with E-state index in [9.17, 15) is 22.0 Å². The molecule has 2 aromatic carbocycles. The van der Waals surface area contributed by atoms with Crippen LogP contribution in [-0.4, -0.2) is 14.2 Å². The molecule has 0 unspecified atom stereocenters. The Morgan fingerprint density at radius 3 is 1.62 bits per heavy atom. The first-order chi connectivity index (χ1) is 9.92. The van der Waals surface area contributed by atoms with Crippen molar-refractivity contribution in [3.8, 4) is 22.6 Å². The van der Waals surface area contributed by atoms with Gasteiger partial charge in [0.25, 0.3) is 0 Å². The van der Waals surface area contributed by atoms with E-state index >= 15 is 0 Å². The van der Waals surface area contributed by atoms with Crippen molar-refractivity contribution in [2.75, 3.05) is 14.2 Å². The van der Waals surface area contributed by atoms with E-state index in [1.807, 2.05) is 0 Å². The molecule has 0 radical (unpaired) electrons. The molecule has 0 aliphatic rings. The van der Waals surface area contributed by atoms with Crippen molar-refractivity contribution in [3.63, 3.8) is 0 Å². The van der Waals surface area contributed by atoms with E-state index in [1.165, 1.54) is 26.4 Å². The third-order valence-electron chi connectivity index (χ3n) is 2.88. The maximum Gasteiger partial charge on any atom is 0.200 e. The molecule has 0 atom stereocenters. The summed E-state index contributed by atoms with van der Waals surface area (Å²) in [5.41, 5.74) is -1.24. The van der Waals surface area contributed by atoms with E-state index in [0.29, 0.717) is 0 Å². The molecule has 2 aromatic rings. The summed E-state index contributed by atoms with van der Waals surface area (Å²) in [7, 11) is 2.62. The first kappa shape index (κ1) is 15.1. The van der Waals surface area contributed by atoms with Crippen LogP contribution in [0.3, 0.4) is 0 Å². The van der Waals surface area contributed by atoms with Crippen LogP contribution in [0.15, 0.2) is 18.2 Å². The number of benzene rings is 2. The molecule has 21 heavy (non-hydrogen) atoms. The van der Waals surface area contributed by atoms with E-state index in [2.05, 4.69) is 0 Å². The van der Waals surface area contributed by atoms with Crippen molar-refractivity contribution in [1.29, 1.82) is 0 Å². The molecule has 7 heteroatoms. The van der Waals surface area contributed by atoms with Crippen LogP contribution in [0.5, 0.6) is 11.5 Å². The highest BCUT2D eigenvalue weighted by Gasteiger charge is 2.27. The van der Waals surface area contributed by atoms with E-state index in [1.54, 1.807) is 0 Å². The number of rotatable bonds is 3. The molecule has 2 rings (SSSR count). The second-order valence-electron chi connectivity index (χ2n) is 4.01. The molecule has 0 amide bonds. The molecule has 0 saturated carbocycles. The van der Waals surface area contributed by atoms with Crippen LogP contribution in [-0.2, 0) is 0 Å². The highest BCUT2D eigenvalue weighted by Crippen LogP contribution is 2.36. The molecule has 0 spiro atoms. The molecule has 0 saturated heterocycles. The van der Waals surface area contributed by atoms with Crippen molar-refractivity contribution < 1.29 is 31.4 Å². The number of hydrogen-bond acceptors (Lipinski definition) is 2. The second kappa shape index (κ2) is 5.59. The standard InChI is InChI=1S/C14H9F5O2/c1-20-7-4-3-6(5-8(7)21-2)9-10(15)12(17)14(19)13(18)11(9)16/h3-5H,1-2H3. The van der Waals surface area contributed by atoms with Crippen LogP contribution in [0.4, 0.5) is 22.0 Å². The Labute approximate surface area is 116 Å². The van der Waals surface area contributed by atoms with Crippen LogP contribution < -0.4 is 9.47 Å². The molecule has 0 aliphatic heterocycles. The van der Waals surface area contributed by atoms with Crippen molar-refractivity contribution in [3.05, 3.63) is 47.3 Å². The second-order valence-corrected chi connectivity index (χ2v) is 4.01. The molecule has 0 fully saturated rings. The fourth-order valence-electron chi connectivity index (χ4n) is 1.85. The van der Waals surface area contributed by atoms with Crippen molar-refractivity contribution >= 4 is 0 Å². The highest BCUT2D eigenvalue weighted by atomic mass is 19.2. The van der Waals surface area contributed by atoms with Crippen molar-refractivity contribution in [2.24, 2.45) is 0 Å². The minimum atomic E-state index is -2.20. The Hall–Kier alpha value is -2.31. The minimum absolute atomic E-state index is 0.0962. The number of halogens is 5. The number of hydrogen-bond donors (Lipinski definition) is 0. The smallest absolute Gasteiger partial charge is 0.200 e. The third-order valence-corrected chi connectivity index (χ3v) is 2.88. The average molecular weight is 304 g/mol. The molecular weight excluding hydrogens is 295 g/mol. The fourth-order valence-corrected chi connectivity index (χ4v) is 1.85. The van der Waals surface area contributed by atoms with E-state index in [4.69, 9.17) is 9.47 Å². The molecule has 0 bridgehead atoms. The summed E-state index contributed by atoms with van der Waals surface area (Å²) in [5.74, 6) is -9.66. The van der Waals surface area contributed by atoms with Gasteiger partial charge in [-0.3, -0.25) is 0 Å². The zero-order valence-electron chi connectivity index (χ0n) is 10.9. The molecule has 0 heterocycles. The monoisotopic (exact) mass is 304 g/mol. The van der Waals surface area contributed by atoms with Gasteiger partial charge in [0.05, 0.1) is 19.8 Å². The van der Waals surface area contributed by atoms with Gasteiger partial charge in [0, 0.05) is 0 Å². The Morgan fingerprint density at radius 1 is 0.667 bits per heavy atom. The maximum absolute atomic E-state index is 13.7. The molecule has 112 valence electrons. The SMILES string of the molecule is COc1ccc(-c2c(F)c(F)c(F)c(F)c2F)cc1OC. The summed E-state index contributed by atoms with van der Waals surface area (Å²) < 4.78 is 76.7. The van der Waals surface area contributed by atoms with Gasteiger partial charge in [0.2, 0.25) is 5.82 Å². The van der Waals surface area contributed by atoms with Gasteiger partial charge in [0.1, 0.15) is 0 Å². The Kier molecular flexibility index (Phi) is 4.02. The van der Waals surface area contributed by atoms with Gasteiger partial charge >= 0.3 is 0 Å². The van der Waals surface area contributed by atoms with Crippen molar-refractivity contribution in [1.82, 2.24) is 0 Å². The quantitative estimate of drug-likeness (QED) is 0.483. The van der Waals surface area contributed by atoms with E-state index in [-0.39, 0.29) is 17.1 Å². The minimum Gasteiger partial charge on any atom is -0.493 e. The summed E-state index contributed by atoms with van der Waals surface area (Å²) in [6.45, 7) is 0. The van der Waals surface area contributed by atoms with Crippen LogP contribution in [0.1, 0.15) is 0 Å². The summed E-state index contributed by atoms with van der Waals surface area (Å²) in [6.07, 6.45) is 0. The van der Waals surface area contributed by atoms with Gasteiger partial charge < -0.3 is 9.47 Å². The van der Waals surface area contributed by atoms with Crippen LogP contribution in [0.2, 0.25) is 0 Å². The average Bonchev–Trinajstić information content (AvgIpc) is 2.51. The van der Waals surface area contributed by atoms with Gasteiger partial charge in [0.15, 0.2) is 34.8 Å². The first-order valence-electron chi connectivity index (χ1n) is 5.66. The lowest BCUT2D eigenvalue weighted by Gasteiger charge is -2.12. The Bertz CT molecular complexity index is 671. The van der Waals surface area contributed by atoms with Crippen LogP contribution in [0, 0.1) is 29.1 Å². The topological polar surface area (TPSA) is 18.5 Å². The van der Waals surface area contributed by atoms with Crippen LogP contribution in [0.25, 0.3) is 11.1 Å². The molecule has 0 N–H and O–H groups in total. The van der Waals surface area contributed by atoms with E-state index < -0.39 is 34.6 Å². The third kappa shape index (κ3) is 2.39. The lowest BCUT2D eigenvalue weighted by Crippen LogP contribution is -2.04. The molecule has 2 nitrogen and oxygen atoms in total. The molecule has 0 aliphatic carbocycles. The normalized spacial score (nSPS) is 10.6. The van der Waals surface area contributed by atoms with Gasteiger partial charge in [-0.25, -0.2) is 22.0 Å². The predicted molar refractivity (Wildman–Crippen MR) is 64.8 cm³/mol. The number of ether oxygens (including phenoxy) is 2. The van der Waals surface area contributed by atoms with Gasteiger partial charge in [-0.2, -0.15) is 0 Å². The highest BCUT2D eigenvalue weighted by molar-refractivity contribution is 5.68. The Balaban J connectivity index is 2.73. The predicted octanol–water partition coefficient (Wildman–Crippen LogP) is 4.07. The Morgan fingerprint density at radius 2 is 1.14 bits per heavy atom. The van der Waals surface area contributed by atoms with Crippen LogP contribution >= 0.6 is 0 Å². The fraction of sp³-hybridized carbons (Fsp3) is 0.143. The van der Waals surface area contributed by atoms with Gasteiger partial charge in [-0.05, 0) is 17.7 Å².